The highest BCUT2D eigenvalue weighted by Crippen LogP contribution is 2.23. The summed E-state index contributed by atoms with van der Waals surface area (Å²) < 4.78 is 5.17. The maximum atomic E-state index is 5.17. The molecule has 0 heterocycles. The number of hydrogen-bond acceptors (Lipinski definition) is 1. The van der Waals surface area contributed by atoms with Gasteiger partial charge in [-0.15, -0.1) is 0 Å². The molecule has 0 saturated heterocycles. The first-order chi connectivity index (χ1) is 7.81. The summed E-state index contributed by atoms with van der Waals surface area (Å²) in [6.07, 6.45) is 7.10. The number of methoxy groups -OCH3 is 1. The molecule has 0 N–H and O–H groups in total. The molecule has 0 aromatic heterocycles. The SMILES string of the molecule is CCCC=C(CCC)c1ccc(OC)cc1. The van der Waals surface area contributed by atoms with E-state index in [2.05, 4.69) is 32.1 Å². The number of benzene rings is 1. The fourth-order valence-electron chi connectivity index (χ4n) is 1.76. The molecule has 1 aromatic carbocycles. The minimum Gasteiger partial charge on any atom is -0.497 e. The average molecular weight is 218 g/mol. The van der Waals surface area contributed by atoms with Crippen LogP contribution >= 0.6 is 0 Å². The fourth-order valence-corrected chi connectivity index (χ4v) is 1.76. The van der Waals surface area contributed by atoms with Crippen LogP contribution in [0.3, 0.4) is 0 Å². The van der Waals surface area contributed by atoms with Crippen molar-refractivity contribution < 1.29 is 4.74 Å². The van der Waals surface area contributed by atoms with Gasteiger partial charge in [-0.3, -0.25) is 0 Å². The van der Waals surface area contributed by atoms with E-state index in [4.69, 9.17) is 4.74 Å². The Morgan fingerprint density at radius 2 is 1.81 bits per heavy atom. The summed E-state index contributed by atoms with van der Waals surface area (Å²) in [5.74, 6) is 0.926. The smallest absolute Gasteiger partial charge is 0.118 e. The molecule has 0 fully saturated rings. The predicted molar refractivity (Wildman–Crippen MR) is 70.8 cm³/mol. The van der Waals surface area contributed by atoms with Gasteiger partial charge in [0, 0.05) is 0 Å². The van der Waals surface area contributed by atoms with Crippen LogP contribution in [0.2, 0.25) is 0 Å². The Bertz CT molecular complexity index is 322. The van der Waals surface area contributed by atoms with Crippen molar-refractivity contribution in [1.82, 2.24) is 0 Å². The lowest BCUT2D eigenvalue weighted by Crippen LogP contribution is -1.87. The summed E-state index contributed by atoms with van der Waals surface area (Å²) in [6, 6.07) is 8.36. The van der Waals surface area contributed by atoms with Crippen LogP contribution in [0.25, 0.3) is 5.57 Å². The van der Waals surface area contributed by atoms with Crippen molar-refractivity contribution in [2.24, 2.45) is 0 Å². The first kappa shape index (κ1) is 12.8. The van der Waals surface area contributed by atoms with Gasteiger partial charge in [0.25, 0.3) is 0 Å². The van der Waals surface area contributed by atoms with Crippen LogP contribution < -0.4 is 4.74 Å². The van der Waals surface area contributed by atoms with Crippen LogP contribution in [-0.2, 0) is 0 Å². The summed E-state index contributed by atoms with van der Waals surface area (Å²) in [4.78, 5) is 0. The van der Waals surface area contributed by atoms with Gasteiger partial charge in [0.1, 0.15) is 5.75 Å². The van der Waals surface area contributed by atoms with Gasteiger partial charge in [0.15, 0.2) is 0 Å². The van der Waals surface area contributed by atoms with E-state index in [1.807, 2.05) is 12.1 Å². The van der Waals surface area contributed by atoms with Gasteiger partial charge in [0.2, 0.25) is 0 Å². The Morgan fingerprint density at radius 1 is 1.12 bits per heavy atom. The maximum absolute atomic E-state index is 5.17. The van der Waals surface area contributed by atoms with Gasteiger partial charge in [-0.05, 0) is 36.1 Å². The van der Waals surface area contributed by atoms with Gasteiger partial charge in [0.05, 0.1) is 7.11 Å². The molecule has 0 aliphatic rings. The number of hydrogen-bond donors (Lipinski definition) is 0. The van der Waals surface area contributed by atoms with E-state index in [0.717, 1.165) is 12.2 Å². The van der Waals surface area contributed by atoms with Crippen molar-refractivity contribution in [2.45, 2.75) is 39.5 Å². The number of unbranched alkanes of at least 4 members (excludes halogenated alkanes) is 1. The Labute approximate surface area is 99.1 Å². The summed E-state index contributed by atoms with van der Waals surface area (Å²) in [6.45, 7) is 4.44. The fraction of sp³-hybridized carbons (Fsp3) is 0.467. The highest BCUT2D eigenvalue weighted by atomic mass is 16.5. The Balaban J connectivity index is 2.83. The Kier molecular flexibility index (Phi) is 5.69. The van der Waals surface area contributed by atoms with Crippen LogP contribution in [0.4, 0.5) is 0 Å². The molecule has 1 heteroatoms. The summed E-state index contributed by atoms with van der Waals surface area (Å²) >= 11 is 0. The zero-order valence-corrected chi connectivity index (χ0v) is 10.6. The number of allylic oxidation sites excluding steroid dienone is 2. The number of ether oxygens (including phenoxy) is 1. The van der Waals surface area contributed by atoms with E-state index in [1.165, 1.54) is 30.4 Å². The molecule has 0 spiro atoms. The average Bonchev–Trinajstić information content (AvgIpc) is 2.35. The molecule has 88 valence electrons. The number of rotatable bonds is 6. The van der Waals surface area contributed by atoms with Crippen molar-refractivity contribution in [2.75, 3.05) is 7.11 Å². The third-order valence-electron chi connectivity index (χ3n) is 2.66. The molecule has 0 unspecified atom stereocenters. The monoisotopic (exact) mass is 218 g/mol. The second-order valence-electron chi connectivity index (χ2n) is 4.00. The molecule has 0 bridgehead atoms. The van der Waals surface area contributed by atoms with Crippen LogP contribution in [0, 0.1) is 0 Å². The third-order valence-corrected chi connectivity index (χ3v) is 2.66. The van der Waals surface area contributed by atoms with Crippen LogP contribution in [0.5, 0.6) is 5.75 Å². The molecular weight excluding hydrogens is 196 g/mol. The summed E-state index contributed by atoms with van der Waals surface area (Å²) in [5.41, 5.74) is 2.79. The molecule has 1 nitrogen and oxygen atoms in total. The van der Waals surface area contributed by atoms with Crippen molar-refractivity contribution in [3.05, 3.63) is 35.9 Å². The first-order valence-electron chi connectivity index (χ1n) is 6.15. The van der Waals surface area contributed by atoms with Gasteiger partial charge in [-0.2, -0.15) is 0 Å². The highest BCUT2D eigenvalue weighted by molar-refractivity contribution is 5.65. The van der Waals surface area contributed by atoms with E-state index >= 15 is 0 Å². The zero-order valence-electron chi connectivity index (χ0n) is 10.6. The van der Waals surface area contributed by atoms with E-state index in [1.54, 1.807) is 7.11 Å². The standard InChI is InChI=1S/C15H22O/c1-4-6-8-13(7-5-2)14-9-11-15(16-3)12-10-14/h8-12H,4-7H2,1-3H3. The van der Waals surface area contributed by atoms with E-state index in [0.29, 0.717) is 0 Å². The molecule has 0 atom stereocenters. The van der Waals surface area contributed by atoms with Gasteiger partial charge >= 0.3 is 0 Å². The second-order valence-corrected chi connectivity index (χ2v) is 4.00. The predicted octanol–water partition coefficient (Wildman–Crippen LogP) is 4.68. The van der Waals surface area contributed by atoms with Gasteiger partial charge < -0.3 is 4.74 Å². The van der Waals surface area contributed by atoms with Crippen LogP contribution in [0.15, 0.2) is 30.3 Å². The molecule has 0 saturated carbocycles. The Morgan fingerprint density at radius 3 is 2.31 bits per heavy atom. The quantitative estimate of drug-likeness (QED) is 0.673. The molecule has 1 rings (SSSR count). The lowest BCUT2D eigenvalue weighted by Gasteiger charge is -2.07. The molecule has 0 aliphatic carbocycles. The maximum Gasteiger partial charge on any atom is 0.118 e. The third kappa shape index (κ3) is 3.73. The van der Waals surface area contributed by atoms with Crippen molar-refractivity contribution >= 4 is 5.57 Å². The van der Waals surface area contributed by atoms with E-state index in [9.17, 15) is 0 Å². The van der Waals surface area contributed by atoms with Crippen LogP contribution in [-0.4, -0.2) is 7.11 Å². The van der Waals surface area contributed by atoms with Crippen LogP contribution in [0.1, 0.15) is 45.1 Å². The second kappa shape index (κ2) is 7.10. The van der Waals surface area contributed by atoms with Crippen molar-refractivity contribution in [3.63, 3.8) is 0 Å². The largest absolute Gasteiger partial charge is 0.497 e. The normalized spacial score (nSPS) is 11.6. The first-order valence-corrected chi connectivity index (χ1v) is 6.15. The highest BCUT2D eigenvalue weighted by Gasteiger charge is 2.00. The van der Waals surface area contributed by atoms with Gasteiger partial charge in [-0.1, -0.05) is 44.9 Å². The molecule has 1 aromatic rings. The zero-order chi connectivity index (χ0) is 11.8. The molecule has 0 radical (unpaired) electrons. The topological polar surface area (TPSA) is 9.23 Å². The van der Waals surface area contributed by atoms with E-state index in [-0.39, 0.29) is 0 Å². The molecule has 0 amide bonds. The van der Waals surface area contributed by atoms with Crippen molar-refractivity contribution in [1.29, 1.82) is 0 Å². The minimum atomic E-state index is 0.926. The van der Waals surface area contributed by atoms with E-state index < -0.39 is 0 Å². The summed E-state index contributed by atoms with van der Waals surface area (Å²) in [7, 11) is 1.70. The Hall–Kier alpha value is -1.24. The van der Waals surface area contributed by atoms with Crippen molar-refractivity contribution in [3.8, 4) is 5.75 Å². The lowest BCUT2D eigenvalue weighted by atomic mass is 10.00. The van der Waals surface area contributed by atoms with Gasteiger partial charge in [-0.25, -0.2) is 0 Å². The molecule has 0 aliphatic heterocycles. The minimum absolute atomic E-state index is 0.926. The lowest BCUT2D eigenvalue weighted by molar-refractivity contribution is 0.415. The molecular formula is C15H22O. The molecule has 16 heavy (non-hydrogen) atoms. The summed E-state index contributed by atoms with van der Waals surface area (Å²) in [5, 5.41) is 0.